The smallest absolute Gasteiger partial charge is 0.139 e. The maximum atomic E-state index is 11.6. The molecule has 0 radical (unpaired) electrons. The Balaban J connectivity index is 2.52. The van der Waals surface area contributed by atoms with E-state index in [1.807, 2.05) is 0 Å². The van der Waals surface area contributed by atoms with E-state index >= 15 is 0 Å². The van der Waals surface area contributed by atoms with Gasteiger partial charge in [0.1, 0.15) is 12.1 Å². The molecule has 0 spiro atoms. The molecule has 4 nitrogen and oxygen atoms in total. The third-order valence-electron chi connectivity index (χ3n) is 3.74. The number of carbonyl (C=O) groups excluding carboxylic acids is 2. The summed E-state index contributed by atoms with van der Waals surface area (Å²) in [6, 6.07) is 0. The molecule has 0 heterocycles. The summed E-state index contributed by atoms with van der Waals surface area (Å²) in [5, 5.41) is 19.6. The molecule has 0 aromatic heterocycles. The number of unbranched alkanes of at least 4 members (excludes halogenated alkanes) is 2. The van der Waals surface area contributed by atoms with Crippen LogP contribution in [0.15, 0.2) is 12.2 Å². The van der Waals surface area contributed by atoms with Crippen molar-refractivity contribution in [2.24, 2.45) is 11.8 Å². The Hall–Kier alpha value is -1.00. The average Bonchev–Trinajstić information content (AvgIpc) is 2.63. The molecule has 1 fully saturated rings. The molecule has 0 bridgehead atoms. The zero-order valence-electron chi connectivity index (χ0n) is 11.5. The molecule has 0 aliphatic heterocycles. The first-order valence-corrected chi connectivity index (χ1v) is 7.11. The van der Waals surface area contributed by atoms with E-state index in [0.29, 0.717) is 6.42 Å². The van der Waals surface area contributed by atoms with Crippen molar-refractivity contribution in [2.45, 2.75) is 57.7 Å². The maximum Gasteiger partial charge on any atom is 0.139 e. The number of Topliss-reactive ketones (excluding diaryl/α,β-unsaturated/α-hetero) is 1. The van der Waals surface area contributed by atoms with Gasteiger partial charge in [-0.2, -0.15) is 0 Å². The van der Waals surface area contributed by atoms with E-state index < -0.39 is 18.1 Å². The van der Waals surface area contributed by atoms with Crippen LogP contribution in [0.3, 0.4) is 0 Å². The number of rotatable bonds is 8. The van der Waals surface area contributed by atoms with Crippen LogP contribution >= 0.6 is 0 Å². The van der Waals surface area contributed by atoms with Crippen molar-refractivity contribution < 1.29 is 19.8 Å². The summed E-state index contributed by atoms with van der Waals surface area (Å²) in [6.45, 7) is 2.10. The normalized spacial score (nSPS) is 29.0. The van der Waals surface area contributed by atoms with Crippen LogP contribution in [0.5, 0.6) is 0 Å². The molecule has 1 rings (SSSR count). The lowest BCUT2D eigenvalue weighted by Gasteiger charge is -2.15. The lowest BCUT2D eigenvalue weighted by molar-refractivity contribution is -0.123. The molecule has 19 heavy (non-hydrogen) atoms. The lowest BCUT2D eigenvalue weighted by Crippen LogP contribution is -2.19. The van der Waals surface area contributed by atoms with Crippen molar-refractivity contribution >= 4 is 12.1 Å². The number of hydrogen-bond donors (Lipinski definition) is 2. The van der Waals surface area contributed by atoms with Gasteiger partial charge in [0.2, 0.25) is 0 Å². The lowest BCUT2D eigenvalue weighted by atomic mass is 9.91. The van der Waals surface area contributed by atoms with E-state index in [1.54, 1.807) is 12.2 Å². The average molecular weight is 268 g/mol. The molecule has 0 amide bonds. The van der Waals surface area contributed by atoms with Gasteiger partial charge in [0, 0.05) is 24.7 Å². The van der Waals surface area contributed by atoms with Crippen molar-refractivity contribution in [3.63, 3.8) is 0 Å². The molecule has 4 heteroatoms. The van der Waals surface area contributed by atoms with Crippen LogP contribution in [0, 0.1) is 11.8 Å². The quantitative estimate of drug-likeness (QED) is 0.399. The Labute approximate surface area is 114 Å². The van der Waals surface area contributed by atoms with Gasteiger partial charge in [0.25, 0.3) is 0 Å². The highest BCUT2D eigenvalue weighted by molar-refractivity contribution is 5.86. The van der Waals surface area contributed by atoms with E-state index in [0.717, 1.165) is 25.5 Å². The van der Waals surface area contributed by atoms with Gasteiger partial charge in [-0.25, -0.2) is 0 Å². The van der Waals surface area contributed by atoms with E-state index in [1.165, 1.54) is 0 Å². The van der Waals surface area contributed by atoms with Gasteiger partial charge in [-0.3, -0.25) is 4.79 Å². The van der Waals surface area contributed by atoms with Gasteiger partial charge in [0.15, 0.2) is 0 Å². The first-order valence-electron chi connectivity index (χ1n) is 7.11. The molecule has 1 aliphatic carbocycles. The second kappa shape index (κ2) is 8.23. The zero-order chi connectivity index (χ0) is 14.3. The van der Waals surface area contributed by atoms with Crippen molar-refractivity contribution in [3.05, 3.63) is 12.2 Å². The fraction of sp³-hybridized carbons (Fsp3) is 0.733. The molecule has 1 unspecified atom stereocenters. The largest absolute Gasteiger partial charge is 0.392 e. The predicted octanol–water partition coefficient (Wildman–Crippen LogP) is 1.64. The highest BCUT2D eigenvalue weighted by Gasteiger charge is 2.39. The summed E-state index contributed by atoms with van der Waals surface area (Å²) < 4.78 is 0. The van der Waals surface area contributed by atoms with Crippen molar-refractivity contribution in [1.82, 2.24) is 0 Å². The highest BCUT2D eigenvalue weighted by atomic mass is 16.3. The van der Waals surface area contributed by atoms with Gasteiger partial charge in [-0.1, -0.05) is 38.3 Å². The maximum absolute atomic E-state index is 11.6. The third-order valence-corrected chi connectivity index (χ3v) is 3.74. The van der Waals surface area contributed by atoms with Crippen LogP contribution < -0.4 is 0 Å². The Kier molecular flexibility index (Phi) is 6.95. The highest BCUT2D eigenvalue weighted by Crippen LogP contribution is 2.32. The van der Waals surface area contributed by atoms with E-state index in [2.05, 4.69) is 6.92 Å². The number of carbonyl (C=O) groups is 2. The van der Waals surface area contributed by atoms with Gasteiger partial charge in [-0.05, 0) is 6.42 Å². The van der Waals surface area contributed by atoms with Crippen LogP contribution in [0.1, 0.15) is 45.4 Å². The molecule has 1 saturated carbocycles. The SMILES string of the molecule is CCCCCC(O)C=C[C@H]1[C@H](O)CC(=O)[C@@H]1CC=O. The fourth-order valence-electron chi connectivity index (χ4n) is 2.59. The number of aliphatic hydroxyl groups is 2. The summed E-state index contributed by atoms with van der Waals surface area (Å²) in [6.07, 6.45) is 6.93. The van der Waals surface area contributed by atoms with E-state index in [9.17, 15) is 19.8 Å². The Morgan fingerprint density at radius 2 is 2.16 bits per heavy atom. The molecule has 0 aromatic rings. The van der Waals surface area contributed by atoms with E-state index in [-0.39, 0.29) is 24.5 Å². The van der Waals surface area contributed by atoms with E-state index in [4.69, 9.17) is 0 Å². The number of hydrogen-bond acceptors (Lipinski definition) is 4. The third kappa shape index (κ3) is 4.88. The first-order chi connectivity index (χ1) is 9.10. The fourth-order valence-corrected chi connectivity index (χ4v) is 2.59. The monoisotopic (exact) mass is 268 g/mol. The standard InChI is InChI=1S/C15H24O4/c1-2-3-4-5-11(17)6-7-12-13(8-9-16)15(19)10-14(12)18/h6-7,9,11-14,17-18H,2-5,8,10H2,1H3/t11?,12-,13-,14-/m1/s1. The summed E-state index contributed by atoms with van der Waals surface area (Å²) in [5.74, 6) is -0.820. The second-order valence-corrected chi connectivity index (χ2v) is 5.27. The summed E-state index contributed by atoms with van der Waals surface area (Å²) in [4.78, 5) is 22.2. The van der Waals surface area contributed by atoms with Gasteiger partial charge >= 0.3 is 0 Å². The van der Waals surface area contributed by atoms with Gasteiger partial charge in [0.05, 0.1) is 12.2 Å². The topological polar surface area (TPSA) is 74.6 Å². The van der Waals surface area contributed by atoms with Gasteiger partial charge < -0.3 is 15.0 Å². The van der Waals surface area contributed by atoms with Crippen LogP contribution in [0.2, 0.25) is 0 Å². The van der Waals surface area contributed by atoms with Crippen molar-refractivity contribution in [2.75, 3.05) is 0 Å². The van der Waals surface area contributed by atoms with Crippen molar-refractivity contribution in [3.8, 4) is 0 Å². The van der Waals surface area contributed by atoms with Crippen LogP contribution in [-0.2, 0) is 9.59 Å². The van der Waals surface area contributed by atoms with Crippen LogP contribution in [0.25, 0.3) is 0 Å². The molecular formula is C15H24O4. The minimum Gasteiger partial charge on any atom is -0.392 e. The van der Waals surface area contributed by atoms with Crippen LogP contribution in [-0.4, -0.2) is 34.5 Å². The minimum atomic E-state index is -0.725. The molecular weight excluding hydrogens is 244 g/mol. The number of aliphatic hydroxyl groups excluding tert-OH is 2. The molecule has 0 saturated heterocycles. The molecule has 4 atom stereocenters. The zero-order valence-corrected chi connectivity index (χ0v) is 11.5. The Morgan fingerprint density at radius 1 is 1.42 bits per heavy atom. The van der Waals surface area contributed by atoms with Crippen molar-refractivity contribution in [1.29, 1.82) is 0 Å². The first kappa shape index (κ1) is 16.1. The van der Waals surface area contributed by atoms with Gasteiger partial charge in [-0.15, -0.1) is 0 Å². The minimum absolute atomic E-state index is 0.0604. The molecule has 108 valence electrons. The Morgan fingerprint density at radius 3 is 2.79 bits per heavy atom. The number of ketones is 1. The summed E-state index contributed by atoms with van der Waals surface area (Å²) >= 11 is 0. The predicted molar refractivity (Wildman–Crippen MR) is 72.6 cm³/mol. The molecule has 0 aromatic carbocycles. The second-order valence-electron chi connectivity index (χ2n) is 5.27. The number of aldehydes is 1. The summed E-state index contributed by atoms with van der Waals surface area (Å²) in [7, 11) is 0. The summed E-state index contributed by atoms with van der Waals surface area (Å²) in [5.41, 5.74) is 0. The Bertz CT molecular complexity index is 324. The molecule has 1 aliphatic rings. The molecule has 2 N–H and O–H groups in total. The van der Waals surface area contributed by atoms with Crippen LogP contribution in [0.4, 0.5) is 0 Å².